The van der Waals surface area contributed by atoms with Gasteiger partial charge >= 0.3 is 0 Å². The molecule has 1 amide bonds. The quantitative estimate of drug-likeness (QED) is 0.817. The SMILES string of the molecule is CC(C)Cc1cc(C(=O)NC[C@@H]2CCN(c3cnn(C)c(=O)c3)C2)n(C)n1. The van der Waals surface area contributed by atoms with E-state index in [9.17, 15) is 9.59 Å². The lowest BCUT2D eigenvalue weighted by atomic mass is 10.1. The predicted octanol–water partition coefficient (Wildman–Crippen LogP) is 0.969. The standard InChI is InChI=1S/C19H28N6O2/c1-13(2)7-15-8-17(23(3)22-15)19(27)20-10-14-5-6-25(12-14)16-9-18(26)24(4)21-11-16/h8-9,11,13-14H,5-7,10,12H2,1-4H3,(H,20,27)/t14-/m0/s1. The first-order valence-electron chi connectivity index (χ1n) is 9.43. The molecule has 8 nitrogen and oxygen atoms in total. The molecular formula is C19H28N6O2. The molecule has 0 bridgehead atoms. The van der Waals surface area contributed by atoms with Crippen LogP contribution in [0.4, 0.5) is 5.69 Å². The van der Waals surface area contributed by atoms with Crippen LogP contribution in [0, 0.1) is 11.8 Å². The Morgan fingerprint density at radius 3 is 2.78 bits per heavy atom. The summed E-state index contributed by atoms with van der Waals surface area (Å²) in [7, 11) is 3.44. The van der Waals surface area contributed by atoms with Crippen molar-refractivity contribution in [2.45, 2.75) is 26.7 Å². The molecule has 3 rings (SSSR count). The van der Waals surface area contributed by atoms with Crippen molar-refractivity contribution < 1.29 is 4.79 Å². The fourth-order valence-corrected chi connectivity index (χ4v) is 3.45. The van der Waals surface area contributed by atoms with E-state index in [4.69, 9.17) is 0 Å². The van der Waals surface area contributed by atoms with Crippen LogP contribution in [0.15, 0.2) is 23.1 Å². The number of amides is 1. The maximum Gasteiger partial charge on any atom is 0.269 e. The molecule has 1 N–H and O–H groups in total. The minimum absolute atomic E-state index is 0.0892. The Kier molecular flexibility index (Phi) is 5.62. The van der Waals surface area contributed by atoms with Crippen LogP contribution >= 0.6 is 0 Å². The smallest absolute Gasteiger partial charge is 0.269 e. The van der Waals surface area contributed by atoms with E-state index in [0.717, 1.165) is 37.3 Å². The van der Waals surface area contributed by atoms with Crippen LogP contribution < -0.4 is 15.8 Å². The summed E-state index contributed by atoms with van der Waals surface area (Å²) in [4.78, 5) is 26.4. The second-order valence-corrected chi connectivity index (χ2v) is 7.73. The first-order valence-corrected chi connectivity index (χ1v) is 9.43. The number of hydrogen-bond acceptors (Lipinski definition) is 5. The van der Waals surface area contributed by atoms with Gasteiger partial charge in [-0.05, 0) is 30.7 Å². The third-order valence-electron chi connectivity index (χ3n) is 4.94. The average molecular weight is 372 g/mol. The molecule has 146 valence electrons. The van der Waals surface area contributed by atoms with Gasteiger partial charge in [-0.3, -0.25) is 14.3 Å². The van der Waals surface area contributed by atoms with E-state index in [-0.39, 0.29) is 11.5 Å². The Morgan fingerprint density at radius 1 is 1.30 bits per heavy atom. The molecule has 2 aromatic rings. The molecule has 1 atom stereocenters. The summed E-state index contributed by atoms with van der Waals surface area (Å²) in [6.07, 6.45) is 3.55. The van der Waals surface area contributed by atoms with Gasteiger partial charge in [-0.25, -0.2) is 4.68 Å². The highest BCUT2D eigenvalue weighted by molar-refractivity contribution is 5.92. The van der Waals surface area contributed by atoms with Crippen molar-refractivity contribution in [1.29, 1.82) is 0 Å². The number of anilines is 1. The van der Waals surface area contributed by atoms with Crippen molar-refractivity contribution >= 4 is 11.6 Å². The minimum Gasteiger partial charge on any atom is -0.370 e. The van der Waals surface area contributed by atoms with E-state index in [2.05, 4.69) is 34.3 Å². The first-order chi connectivity index (χ1) is 12.8. The zero-order chi connectivity index (χ0) is 19.6. The third kappa shape index (κ3) is 4.56. The molecule has 3 heterocycles. The van der Waals surface area contributed by atoms with Crippen molar-refractivity contribution in [2.24, 2.45) is 25.9 Å². The van der Waals surface area contributed by atoms with Gasteiger partial charge < -0.3 is 10.2 Å². The normalized spacial score (nSPS) is 16.9. The molecule has 1 saturated heterocycles. The molecule has 2 aromatic heterocycles. The highest BCUT2D eigenvalue weighted by Crippen LogP contribution is 2.21. The van der Waals surface area contributed by atoms with Crippen LogP contribution in [0.2, 0.25) is 0 Å². The number of nitrogens with zero attached hydrogens (tertiary/aromatic N) is 5. The fourth-order valence-electron chi connectivity index (χ4n) is 3.45. The zero-order valence-corrected chi connectivity index (χ0v) is 16.5. The predicted molar refractivity (Wildman–Crippen MR) is 104 cm³/mol. The number of rotatable bonds is 6. The summed E-state index contributed by atoms with van der Waals surface area (Å²) in [5.41, 5.74) is 2.27. The van der Waals surface area contributed by atoms with Gasteiger partial charge in [-0.15, -0.1) is 0 Å². The lowest BCUT2D eigenvalue weighted by Gasteiger charge is -2.18. The Morgan fingerprint density at radius 2 is 2.07 bits per heavy atom. The number of carbonyl (C=O) groups excluding carboxylic acids is 1. The summed E-state index contributed by atoms with van der Waals surface area (Å²) in [5, 5.41) is 11.5. The van der Waals surface area contributed by atoms with Gasteiger partial charge in [0.25, 0.3) is 11.5 Å². The molecule has 1 aliphatic heterocycles. The topological polar surface area (TPSA) is 85.0 Å². The molecule has 27 heavy (non-hydrogen) atoms. The second-order valence-electron chi connectivity index (χ2n) is 7.73. The molecule has 0 saturated carbocycles. The van der Waals surface area contributed by atoms with Crippen LogP contribution in [0.5, 0.6) is 0 Å². The molecule has 0 spiro atoms. The summed E-state index contributed by atoms with van der Waals surface area (Å²) < 4.78 is 2.97. The third-order valence-corrected chi connectivity index (χ3v) is 4.94. The highest BCUT2D eigenvalue weighted by Gasteiger charge is 2.24. The maximum absolute atomic E-state index is 12.5. The van der Waals surface area contributed by atoms with Crippen LogP contribution in [0.3, 0.4) is 0 Å². The molecular weight excluding hydrogens is 344 g/mol. The summed E-state index contributed by atoms with van der Waals surface area (Å²) in [5.74, 6) is 0.764. The fraction of sp³-hybridized carbons (Fsp3) is 0.579. The number of aromatic nitrogens is 4. The summed E-state index contributed by atoms with van der Waals surface area (Å²) in [6.45, 7) is 6.55. The van der Waals surface area contributed by atoms with Crippen LogP contribution in [-0.4, -0.2) is 45.1 Å². The van der Waals surface area contributed by atoms with Crippen molar-refractivity contribution in [2.75, 3.05) is 24.5 Å². The van der Waals surface area contributed by atoms with Crippen LogP contribution in [0.1, 0.15) is 36.5 Å². The highest BCUT2D eigenvalue weighted by atomic mass is 16.2. The Balaban J connectivity index is 1.55. The molecule has 8 heteroatoms. The Hall–Kier alpha value is -2.64. The molecule has 0 unspecified atom stereocenters. The summed E-state index contributed by atoms with van der Waals surface area (Å²) >= 11 is 0. The van der Waals surface area contributed by atoms with E-state index in [1.807, 2.05) is 6.07 Å². The Labute approximate surface area is 159 Å². The van der Waals surface area contributed by atoms with Gasteiger partial charge in [-0.1, -0.05) is 13.8 Å². The number of carbonyl (C=O) groups is 1. The number of nitrogens with one attached hydrogen (secondary N) is 1. The van der Waals surface area contributed by atoms with E-state index in [1.54, 1.807) is 31.0 Å². The van der Waals surface area contributed by atoms with Crippen LogP contribution in [0.25, 0.3) is 0 Å². The van der Waals surface area contributed by atoms with E-state index in [1.165, 1.54) is 4.68 Å². The van der Waals surface area contributed by atoms with Gasteiger partial charge in [0.15, 0.2) is 0 Å². The molecule has 1 aliphatic rings. The first kappa shape index (κ1) is 19.1. The van der Waals surface area contributed by atoms with Crippen molar-refractivity contribution in [3.8, 4) is 0 Å². The lowest BCUT2D eigenvalue weighted by molar-refractivity contribution is 0.0939. The van der Waals surface area contributed by atoms with E-state index < -0.39 is 0 Å². The molecule has 0 radical (unpaired) electrons. The average Bonchev–Trinajstić information content (AvgIpc) is 3.21. The largest absolute Gasteiger partial charge is 0.370 e. The van der Waals surface area contributed by atoms with Crippen molar-refractivity contribution in [1.82, 2.24) is 24.9 Å². The van der Waals surface area contributed by atoms with Crippen LogP contribution in [-0.2, 0) is 20.5 Å². The Bertz CT molecular complexity index is 869. The van der Waals surface area contributed by atoms with Gasteiger partial charge in [0.2, 0.25) is 0 Å². The monoisotopic (exact) mass is 372 g/mol. The lowest BCUT2D eigenvalue weighted by Crippen LogP contribution is -2.32. The zero-order valence-electron chi connectivity index (χ0n) is 16.5. The number of hydrogen-bond donors (Lipinski definition) is 1. The van der Waals surface area contributed by atoms with Gasteiger partial charge in [0.1, 0.15) is 5.69 Å². The van der Waals surface area contributed by atoms with Gasteiger partial charge in [0.05, 0.1) is 17.6 Å². The second kappa shape index (κ2) is 7.94. The van der Waals surface area contributed by atoms with E-state index >= 15 is 0 Å². The minimum atomic E-state index is -0.113. The van der Waals surface area contributed by atoms with E-state index in [0.29, 0.717) is 24.1 Å². The van der Waals surface area contributed by atoms with Gasteiger partial charge in [0, 0.05) is 39.8 Å². The number of aryl methyl sites for hydroxylation is 2. The molecule has 0 aromatic carbocycles. The maximum atomic E-state index is 12.5. The van der Waals surface area contributed by atoms with Crippen molar-refractivity contribution in [3.05, 3.63) is 40.1 Å². The molecule has 0 aliphatic carbocycles. The van der Waals surface area contributed by atoms with Gasteiger partial charge in [-0.2, -0.15) is 10.2 Å². The van der Waals surface area contributed by atoms with Crippen molar-refractivity contribution in [3.63, 3.8) is 0 Å². The molecule has 1 fully saturated rings. The summed E-state index contributed by atoms with van der Waals surface area (Å²) in [6, 6.07) is 3.49.